The average Bonchev–Trinajstić information content (AvgIpc) is 2.48. The van der Waals surface area contributed by atoms with Crippen molar-refractivity contribution in [2.75, 3.05) is 25.8 Å². The molecule has 0 aliphatic heterocycles. The number of aromatic nitrogens is 2. The molecule has 1 aromatic carbocycles. The Morgan fingerprint density at radius 3 is 2.65 bits per heavy atom. The van der Waals surface area contributed by atoms with Gasteiger partial charge in [0.05, 0.1) is 36.9 Å². The minimum Gasteiger partial charge on any atom is -0.493 e. The molecule has 0 saturated heterocycles. The second-order valence-corrected chi connectivity index (χ2v) is 4.68. The van der Waals surface area contributed by atoms with E-state index in [1.54, 1.807) is 6.07 Å². The molecule has 1 aromatic heterocycles. The Kier molecular flexibility index (Phi) is 4.00. The average molecular weight is 292 g/mol. The summed E-state index contributed by atoms with van der Waals surface area (Å²) in [5.74, 6) is 6.74. The predicted molar refractivity (Wildman–Crippen MR) is 75.6 cm³/mol. The van der Waals surface area contributed by atoms with Gasteiger partial charge in [0.2, 0.25) is 0 Å². The standard InChI is InChI=1S/C12H12N4O3S/c1-18-9-5-7-8(6-10(9)19-2)15-12(20-4-3-13)16(14)11(7)17/h5-6H,4,14H2,1-2H3. The molecule has 0 saturated carbocycles. The third kappa shape index (κ3) is 2.35. The number of nitrogens with zero attached hydrogens (tertiary/aromatic N) is 3. The van der Waals surface area contributed by atoms with Gasteiger partial charge in [-0.1, -0.05) is 11.8 Å². The summed E-state index contributed by atoms with van der Waals surface area (Å²) in [5.41, 5.74) is 0.0335. The molecule has 0 radical (unpaired) electrons. The van der Waals surface area contributed by atoms with Crippen molar-refractivity contribution in [2.24, 2.45) is 0 Å². The smallest absolute Gasteiger partial charge is 0.280 e. The number of methoxy groups -OCH3 is 2. The number of ether oxygens (including phenoxy) is 2. The number of nitrogens with two attached hydrogens (primary N) is 1. The van der Waals surface area contributed by atoms with Crippen LogP contribution < -0.4 is 20.9 Å². The van der Waals surface area contributed by atoms with E-state index in [-0.39, 0.29) is 10.9 Å². The van der Waals surface area contributed by atoms with E-state index in [1.807, 2.05) is 6.07 Å². The van der Waals surface area contributed by atoms with Gasteiger partial charge in [0.25, 0.3) is 5.56 Å². The molecule has 0 fully saturated rings. The van der Waals surface area contributed by atoms with E-state index in [0.717, 1.165) is 16.4 Å². The highest BCUT2D eigenvalue weighted by molar-refractivity contribution is 7.99. The van der Waals surface area contributed by atoms with Crippen LogP contribution in [0.2, 0.25) is 0 Å². The van der Waals surface area contributed by atoms with Crippen molar-refractivity contribution >= 4 is 22.7 Å². The largest absolute Gasteiger partial charge is 0.493 e. The van der Waals surface area contributed by atoms with Crippen molar-refractivity contribution in [3.05, 3.63) is 22.5 Å². The van der Waals surface area contributed by atoms with Crippen molar-refractivity contribution in [3.63, 3.8) is 0 Å². The highest BCUT2D eigenvalue weighted by atomic mass is 32.2. The molecule has 0 aliphatic carbocycles. The van der Waals surface area contributed by atoms with Crippen LogP contribution in [0.15, 0.2) is 22.1 Å². The van der Waals surface area contributed by atoms with Crippen LogP contribution in [0.1, 0.15) is 0 Å². The summed E-state index contributed by atoms with van der Waals surface area (Å²) in [7, 11) is 2.98. The van der Waals surface area contributed by atoms with Gasteiger partial charge in [-0.2, -0.15) is 5.26 Å². The first-order valence-corrected chi connectivity index (χ1v) is 6.54. The number of nitriles is 1. The van der Waals surface area contributed by atoms with E-state index in [2.05, 4.69) is 4.98 Å². The number of hydrogen-bond donors (Lipinski definition) is 1. The maximum Gasteiger partial charge on any atom is 0.280 e. The maximum atomic E-state index is 12.2. The summed E-state index contributed by atoms with van der Waals surface area (Å²) in [5, 5.41) is 9.19. The number of rotatable bonds is 4. The Balaban J connectivity index is 2.71. The Hall–Kier alpha value is -2.40. The summed E-state index contributed by atoms with van der Waals surface area (Å²) in [6, 6.07) is 5.10. The summed E-state index contributed by atoms with van der Waals surface area (Å²) >= 11 is 1.09. The third-order valence-corrected chi connectivity index (χ3v) is 3.46. The minimum atomic E-state index is -0.406. The lowest BCUT2D eigenvalue weighted by Gasteiger charge is -2.11. The van der Waals surface area contributed by atoms with Crippen molar-refractivity contribution in [3.8, 4) is 17.6 Å². The maximum absolute atomic E-state index is 12.2. The second kappa shape index (κ2) is 5.71. The van der Waals surface area contributed by atoms with Gasteiger partial charge in [-0.05, 0) is 6.07 Å². The monoisotopic (exact) mass is 292 g/mol. The molecule has 0 spiro atoms. The molecule has 7 nitrogen and oxygen atoms in total. The number of thioether (sulfide) groups is 1. The fourth-order valence-electron chi connectivity index (χ4n) is 1.70. The molecule has 2 aromatic rings. The second-order valence-electron chi connectivity index (χ2n) is 3.74. The first-order chi connectivity index (χ1) is 9.62. The molecule has 8 heteroatoms. The zero-order valence-electron chi connectivity index (χ0n) is 10.9. The first-order valence-electron chi connectivity index (χ1n) is 5.56. The zero-order chi connectivity index (χ0) is 14.7. The van der Waals surface area contributed by atoms with Gasteiger partial charge in [-0.3, -0.25) is 4.79 Å². The molecular weight excluding hydrogens is 280 g/mol. The lowest BCUT2D eigenvalue weighted by atomic mass is 10.2. The van der Waals surface area contributed by atoms with Gasteiger partial charge in [-0.15, -0.1) is 0 Å². The number of fused-ring (bicyclic) bond motifs is 1. The lowest BCUT2D eigenvalue weighted by Crippen LogP contribution is -2.29. The van der Waals surface area contributed by atoms with E-state index in [9.17, 15) is 4.79 Å². The van der Waals surface area contributed by atoms with Crippen LogP contribution in [0.3, 0.4) is 0 Å². The molecule has 0 bridgehead atoms. The summed E-state index contributed by atoms with van der Waals surface area (Å²) in [6.07, 6.45) is 0. The molecule has 0 amide bonds. The fraction of sp³-hybridized carbons (Fsp3) is 0.250. The molecule has 2 rings (SSSR count). The van der Waals surface area contributed by atoms with Crippen LogP contribution in [0.5, 0.6) is 11.5 Å². The van der Waals surface area contributed by atoms with Crippen LogP contribution in [0, 0.1) is 11.3 Å². The molecule has 0 aliphatic rings. The van der Waals surface area contributed by atoms with Crippen LogP contribution in [-0.4, -0.2) is 29.6 Å². The Morgan fingerprint density at radius 1 is 1.40 bits per heavy atom. The van der Waals surface area contributed by atoms with Gasteiger partial charge in [0, 0.05) is 6.07 Å². The van der Waals surface area contributed by atoms with Crippen LogP contribution in [0.4, 0.5) is 0 Å². The molecular formula is C12H12N4O3S. The van der Waals surface area contributed by atoms with E-state index < -0.39 is 5.56 Å². The van der Waals surface area contributed by atoms with E-state index in [1.165, 1.54) is 20.3 Å². The van der Waals surface area contributed by atoms with Gasteiger partial charge in [0.1, 0.15) is 0 Å². The number of hydrogen-bond acceptors (Lipinski definition) is 7. The fourth-order valence-corrected chi connectivity index (χ4v) is 2.28. The Morgan fingerprint density at radius 2 is 2.05 bits per heavy atom. The van der Waals surface area contributed by atoms with E-state index in [0.29, 0.717) is 22.4 Å². The van der Waals surface area contributed by atoms with E-state index in [4.69, 9.17) is 20.6 Å². The summed E-state index contributed by atoms with van der Waals surface area (Å²) in [6.45, 7) is 0. The number of nitrogen functional groups attached to an aromatic ring is 1. The molecule has 20 heavy (non-hydrogen) atoms. The predicted octanol–water partition coefficient (Wildman–Crippen LogP) is 0.743. The van der Waals surface area contributed by atoms with Crippen molar-refractivity contribution in [1.29, 1.82) is 5.26 Å². The molecule has 2 N–H and O–H groups in total. The highest BCUT2D eigenvalue weighted by Crippen LogP contribution is 2.30. The summed E-state index contributed by atoms with van der Waals surface area (Å²) in [4.78, 5) is 16.5. The highest BCUT2D eigenvalue weighted by Gasteiger charge is 2.13. The van der Waals surface area contributed by atoms with Crippen LogP contribution >= 0.6 is 11.8 Å². The lowest BCUT2D eigenvalue weighted by molar-refractivity contribution is 0.355. The third-order valence-electron chi connectivity index (χ3n) is 2.64. The Labute approximate surface area is 118 Å². The van der Waals surface area contributed by atoms with Crippen molar-refractivity contribution in [2.45, 2.75) is 5.16 Å². The molecule has 104 valence electrons. The molecule has 0 unspecified atom stereocenters. The quantitative estimate of drug-likeness (QED) is 0.503. The SMILES string of the molecule is COc1cc2nc(SCC#N)n(N)c(=O)c2cc1OC. The summed E-state index contributed by atoms with van der Waals surface area (Å²) < 4.78 is 11.2. The van der Waals surface area contributed by atoms with Gasteiger partial charge >= 0.3 is 0 Å². The van der Waals surface area contributed by atoms with Gasteiger partial charge in [-0.25, -0.2) is 9.66 Å². The van der Waals surface area contributed by atoms with Crippen LogP contribution in [0.25, 0.3) is 10.9 Å². The van der Waals surface area contributed by atoms with Gasteiger partial charge < -0.3 is 15.3 Å². The van der Waals surface area contributed by atoms with Crippen molar-refractivity contribution < 1.29 is 9.47 Å². The normalized spacial score (nSPS) is 10.2. The van der Waals surface area contributed by atoms with Crippen LogP contribution in [-0.2, 0) is 0 Å². The molecule has 0 atom stereocenters. The minimum absolute atomic E-state index is 0.155. The topological polar surface area (TPSA) is 103 Å². The zero-order valence-corrected chi connectivity index (χ0v) is 11.7. The van der Waals surface area contributed by atoms with Gasteiger partial charge in [0.15, 0.2) is 16.7 Å². The molecule has 1 heterocycles. The van der Waals surface area contributed by atoms with Crippen molar-refractivity contribution in [1.82, 2.24) is 9.66 Å². The van der Waals surface area contributed by atoms with E-state index >= 15 is 0 Å². The first kappa shape index (κ1) is 14.0. The number of benzene rings is 1. The Bertz CT molecular complexity index is 751.